The predicted octanol–water partition coefficient (Wildman–Crippen LogP) is 7.58. The van der Waals surface area contributed by atoms with E-state index in [1.54, 1.807) is 6.07 Å². The summed E-state index contributed by atoms with van der Waals surface area (Å²) < 4.78 is 68.2. The van der Waals surface area contributed by atoms with Crippen molar-refractivity contribution >= 4 is 36.6 Å². The minimum absolute atomic E-state index is 0.00768. The summed E-state index contributed by atoms with van der Waals surface area (Å²) in [6, 6.07) is 6.36. The Bertz CT molecular complexity index is 1050. The third-order valence-electron chi connectivity index (χ3n) is 6.63. The SMILES string of the molecule is CP(=O)(OCCC#N)Oc1cc(C(OCC(F)(F)F)=C2C3CC4CC2CC(Cl)(C4)C3)ccc1Cl. The Hall–Kier alpha value is -1.39. The van der Waals surface area contributed by atoms with Crippen LogP contribution in [0.15, 0.2) is 23.8 Å². The molecule has 3 atom stereocenters. The van der Waals surface area contributed by atoms with Gasteiger partial charge in [0.25, 0.3) is 0 Å². The molecule has 34 heavy (non-hydrogen) atoms. The first-order chi connectivity index (χ1) is 15.9. The van der Waals surface area contributed by atoms with Gasteiger partial charge >= 0.3 is 13.8 Å². The number of ether oxygens (including phenoxy) is 1. The minimum Gasteiger partial charge on any atom is -0.484 e. The molecule has 5 nitrogen and oxygen atoms in total. The lowest BCUT2D eigenvalue weighted by Crippen LogP contribution is -2.49. The lowest BCUT2D eigenvalue weighted by molar-refractivity contribution is -0.159. The molecule has 4 bridgehead atoms. The van der Waals surface area contributed by atoms with E-state index in [0.29, 0.717) is 24.3 Å². The fourth-order valence-corrected chi connectivity index (χ4v) is 7.51. The van der Waals surface area contributed by atoms with E-state index in [2.05, 4.69) is 0 Å². The van der Waals surface area contributed by atoms with E-state index in [1.165, 1.54) is 18.8 Å². The van der Waals surface area contributed by atoms with Gasteiger partial charge in [0.05, 0.1) is 24.1 Å². The van der Waals surface area contributed by atoms with Crippen molar-refractivity contribution in [1.82, 2.24) is 0 Å². The number of hydrogen-bond donors (Lipinski definition) is 0. The van der Waals surface area contributed by atoms with Gasteiger partial charge in [0.2, 0.25) is 0 Å². The third kappa shape index (κ3) is 5.87. The number of nitrogens with zero attached hydrogens (tertiary/aromatic N) is 1. The summed E-state index contributed by atoms with van der Waals surface area (Å²) in [5.41, 5.74) is 1.24. The molecule has 5 rings (SSSR count). The third-order valence-corrected chi connectivity index (χ3v) is 8.59. The molecule has 4 aliphatic carbocycles. The molecule has 0 saturated heterocycles. The summed E-state index contributed by atoms with van der Waals surface area (Å²) in [5, 5.41) is 8.76. The molecule has 4 fully saturated rings. The second-order valence-electron chi connectivity index (χ2n) is 9.43. The number of rotatable bonds is 8. The van der Waals surface area contributed by atoms with E-state index >= 15 is 0 Å². The van der Waals surface area contributed by atoms with Crippen molar-refractivity contribution in [2.75, 3.05) is 19.9 Å². The predicted molar refractivity (Wildman–Crippen MR) is 123 cm³/mol. The van der Waals surface area contributed by atoms with E-state index in [9.17, 15) is 17.7 Å². The fraction of sp³-hybridized carbons (Fsp3) is 0.609. The number of nitriles is 1. The Morgan fingerprint density at radius 1 is 1.26 bits per heavy atom. The molecule has 4 saturated carbocycles. The Balaban J connectivity index is 1.69. The van der Waals surface area contributed by atoms with Crippen LogP contribution in [0.25, 0.3) is 5.76 Å². The molecule has 0 amide bonds. The van der Waals surface area contributed by atoms with Gasteiger partial charge in [-0.3, -0.25) is 4.52 Å². The van der Waals surface area contributed by atoms with Crippen LogP contribution >= 0.6 is 30.8 Å². The van der Waals surface area contributed by atoms with Crippen LogP contribution in [-0.2, 0) is 13.8 Å². The molecule has 3 unspecified atom stereocenters. The van der Waals surface area contributed by atoms with Crippen LogP contribution in [0.2, 0.25) is 5.02 Å². The molecule has 1 aromatic rings. The highest BCUT2D eigenvalue weighted by atomic mass is 35.5. The quantitative estimate of drug-likeness (QED) is 0.148. The first-order valence-corrected chi connectivity index (χ1v) is 13.8. The minimum atomic E-state index is -4.51. The van der Waals surface area contributed by atoms with E-state index < -0.39 is 20.4 Å². The summed E-state index contributed by atoms with van der Waals surface area (Å²) in [6.07, 6.45) is -0.343. The highest BCUT2D eigenvalue weighted by Gasteiger charge is 2.53. The fourth-order valence-electron chi connectivity index (χ4n) is 5.73. The highest BCUT2D eigenvalue weighted by Crippen LogP contribution is 2.62. The molecule has 0 radical (unpaired) electrons. The summed E-state index contributed by atoms with van der Waals surface area (Å²) >= 11 is 13.1. The van der Waals surface area contributed by atoms with Gasteiger partial charge in [-0.25, -0.2) is 4.57 Å². The van der Waals surface area contributed by atoms with Crippen molar-refractivity contribution in [3.63, 3.8) is 0 Å². The topological polar surface area (TPSA) is 68.6 Å². The molecule has 1 aromatic carbocycles. The van der Waals surface area contributed by atoms with Gasteiger partial charge < -0.3 is 9.26 Å². The average Bonchev–Trinajstić information content (AvgIpc) is 2.69. The normalized spacial score (nSPS) is 29.4. The zero-order chi connectivity index (χ0) is 24.7. The summed E-state index contributed by atoms with van der Waals surface area (Å²) in [4.78, 5) is -0.293. The van der Waals surface area contributed by atoms with Crippen molar-refractivity contribution in [2.24, 2.45) is 17.8 Å². The van der Waals surface area contributed by atoms with E-state index in [4.69, 9.17) is 42.2 Å². The van der Waals surface area contributed by atoms with E-state index in [1.807, 2.05) is 6.07 Å². The van der Waals surface area contributed by atoms with Crippen molar-refractivity contribution < 1.29 is 31.5 Å². The maximum atomic E-state index is 13.1. The number of allylic oxidation sites excluding steroid dienone is 1. The van der Waals surface area contributed by atoms with Gasteiger partial charge in [-0.15, -0.1) is 11.6 Å². The second-order valence-corrected chi connectivity index (χ2v) is 12.6. The number of hydrogen-bond acceptors (Lipinski definition) is 5. The Morgan fingerprint density at radius 2 is 1.94 bits per heavy atom. The first-order valence-electron chi connectivity index (χ1n) is 11.1. The molecule has 11 heteroatoms. The molecule has 4 aliphatic rings. The van der Waals surface area contributed by atoms with Crippen LogP contribution < -0.4 is 4.52 Å². The molecule has 0 aromatic heterocycles. The summed E-state index contributed by atoms with van der Waals surface area (Å²) in [5.74, 6) is 0.762. The summed E-state index contributed by atoms with van der Waals surface area (Å²) in [6.45, 7) is -0.274. The maximum Gasteiger partial charge on any atom is 0.422 e. The standard InChI is InChI=1S/C23H25Cl2F3NO4P/c1-34(30,32-6-2-5-29)33-19-9-15(3-4-18(19)24)21(31-13-23(26,27)28)20-16-7-14-8-17(20)12-22(25,10-14)11-16/h3-4,9,14,16-17H,2,6-8,10-13H2,1H3. The largest absolute Gasteiger partial charge is 0.484 e. The van der Waals surface area contributed by atoms with Gasteiger partial charge in [0, 0.05) is 17.1 Å². The van der Waals surface area contributed by atoms with E-state index in [0.717, 1.165) is 24.8 Å². The van der Waals surface area contributed by atoms with Crippen LogP contribution in [0.5, 0.6) is 5.75 Å². The lowest BCUT2D eigenvalue weighted by atomic mass is 9.53. The Morgan fingerprint density at radius 3 is 2.53 bits per heavy atom. The first kappa shape index (κ1) is 25.7. The van der Waals surface area contributed by atoms with Gasteiger partial charge in [0.1, 0.15) is 11.5 Å². The van der Waals surface area contributed by atoms with Gasteiger partial charge in [-0.2, -0.15) is 18.4 Å². The molecule has 0 spiro atoms. The van der Waals surface area contributed by atoms with Crippen LogP contribution in [0, 0.1) is 29.1 Å². The molecule has 186 valence electrons. The Kier molecular flexibility index (Phi) is 7.24. The van der Waals surface area contributed by atoms with Crippen molar-refractivity contribution in [2.45, 2.75) is 49.6 Å². The van der Waals surface area contributed by atoms with Crippen molar-refractivity contribution in [3.05, 3.63) is 34.4 Å². The molecule has 0 N–H and O–H groups in total. The highest BCUT2D eigenvalue weighted by molar-refractivity contribution is 7.53. The zero-order valence-electron chi connectivity index (χ0n) is 18.5. The van der Waals surface area contributed by atoms with Gasteiger partial charge in [0.15, 0.2) is 6.61 Å². The average molecular weight is 538 g/mol. The van der Waals surface area contributed by atoms with E-state index in [-0.39, 0.29) is 46.3 Å². The molecule has 0 heterocycles. The number of benzene rings is 1. The summed E-state index contributed by atoms with van der Waals surface area (Å²) in [7, 11) is -3.62. The van der Waals surface area contributed by atoms with Gasteiger partial charge in [-0.05, 0) is 73.6 Å². The lowest BCUT2D eigenvalue weighted by Gasteiger charge is -2.55. The second kappa shape index (κ2) is 9.58. The number of alkyl halides is 4. The van der Waals surface area contributed by atoms with Crippen LogP contribution in [0.4, 0.5) is 13.2 Å². The zero-order valence-corrected chi connectivity index (χ0v) is 20.9. The molecule has 0 aliphatic heterocycles. The smallest absolute Gasteiger partial charge is 0.422 e. The molecular weight excluding hydrogens is 513 g/mol. The monoisotopic (exact) mass is 537 g/mol. The molecular formula is C23H25Cl2F3NO4P. The van der Waals surface area contributed by atoms with Crippen molar-refractivity contribution in [3.8, 4) is 11.8 Å². The van der Waals surface area contributed by atoms with Crippen LogP contribution in [0.3, 0.4) is 0 Å². The number of halogens is 5. The Labute approximate surface area is 206 Å². The van der Waals surface area contributed by atoms with Crippen LogP contribution in [-0.4, -0.2) is 30.9 Å². The van der Waals surface area contributed by atoms with Crippen molar-refractivity contribution in [1.29, 1.82) is 5.26 Å². The maximum absolute atomic E-state index is 13.1. The van der Waals surface area contributed by atoms with Gasteiger partial charge in [-0.1, -0.05) is 11.6 Å². The van der Waals surface area contributed by atoms with Crippen LogP contribution in [0.1, 0.15) is 44.1 Å².